The van der Waals surface area contributed by atoms with Crippen molar-refractivity contribution in [2.75, 3.05) is 4.90 Å². The third kappa shape index (κ3) is 4.08. The summed E-state index contributed by atoms with van der Waals surface area (Å²) in [7, 11) is 0. The lowest BCUT2D eigenvalue weighted by Gasteiger charge is -2.24. The first kappa shape index (κ1) is 18.2. The number of carbonyl (C=O) groups is 2. The number of imide groups is 1. The molecule has 22 heavy (non-hydrogen) atoms. The molecule has 0 aliphatic heterocycles. The Morgan fingerprint density at radius 2 is 1.95 bits per heavy atom. The van der Waals surface area contributed by atoms with Crippen molar-refractivity contribution in [1.82, 2.24) is 0 Å². The van der Waals surface area contributed by atoms with Crippen molar-refractivity contribution < 1.29 is 24.4 Å². The molecular formula is C12H12BrClN2O6. The fourth-order valence-corrected chi connectivity index (χ4v) is 2.02. The zero-order valence-corrected chi connectivity index (χ0v) is 14.1. The lowest BCUT2D eigenvalue weighted by molar-refractivity contribution is -0.384. The van der Waals surface area contributed by atoms with Gasteiger partial charge in [-0.2, -0.15) is 4.90 Å². The van der Waals surface area contributed by atoms with Crippen LogP contribution in [0.1, 0.15) is 20.8 Å². The molecule has 10 heteroatoms. The molecule has 1 rings (SSSR count). The SMILES string of the molecule is CC(C)(C)OC(=O)N(C(=O)O)c1ccc(Br)c(Cl)c1[N+](=O)[O-]. The van der Waals surface area contributed by atoms with Crippen LogP contribution in [0.25, 0.3) is 0 Å². The number of nitro benzene ring substituents is 1. The number of rotatable bonds is 2. The Bertz CT molecular complexity index is 643. The number of nitrogens with zero attached hydrogens (tertiary/aromatic N) is 2. The predicted octanol–water partition coefficient (Wildman–Crippen LogP) is 4.43. The highest BCUT2D eigenvalue weighted by Crippen LogP contribution is 2.40. The van der Waals surface area contributed by atoms with Gasteiger partial charge in [0.1, 0.15) is 16.3 Å². The molecular weight excluding hydrogens is 383 g/mol. The summed E-state index contributed by atoms with van der Waals surface area (Å²) in [5.74, 6) is 0. The van der Waals surface area contributed by atoms with E-state index in [2.05, 4.69) is 15.9 Å². The molecule has 0 saturated carbocycles. The first-order chi connectivity index (χ1) is 9.95. The first-order valence-corrected chi connectivity index (χ1v) is 7.01. The molecule has 2 amide bonds. The number of hydrogen-bond donors (Lipinski definition) is 1. The maximum Gasteiger partial charge on any atom is 0.424 e. The summed E-state index contributed by atoms with van der Waals surface area (Å²) in [6.45, 7) is 4.61. The normalized spacial score (nSPS) is 11.0. The Morgan fingerprint density at radius 1 is 1.41 bits per heavy atom. The van der Waals surface area contributed by atoms with Crippen molar-refractivity contribution in [2.45, 2.75) is 26.4 Å². The van der Waals surface area contributed by atoms with E-state index in [1.165, 1.54) is 26.8 Å². The molecule has 0 unspecified atom stereocenters. The van der Waals surface area contributed by atoms with Crippen molar-refractivity contribution in [3.63, 3.8) is 0 Å². The zero-order chi connectivity index (χ0) is 17.2. The number of ether oxygens (including phenoxy) is 1. The maximum atomic E-state index is 12.0. The van der Waals surface area contributed by atoms with Crippen LogP contribution >= 0.6 is 27.5 Å². The molecule has 120 valence electrons. The van der Waals surface area contributed by atoms with E-state index in [4.69, 9.17) is 16.3 Å². The summed E-state index contributed by atoms with van der Waals surface area (Å²) in [5, 5.41) is 20.0. The highest BCUT2D eigenvalue weighted by Gasteiger charge is 2.35. The van der Waals surface area contributed by atoms with Gasteiger partial charge >= 0.3 is 17.9 Å². The van der Waals surface area contributed by atoms with Crippen molar-refractivity contribution in [1.29, 1.82) is 0 Å². The van der Waals surface area contributed by atoms with E-state index in [0.717, 1.165) is 6.07 Å². The first-order valence-electron chi connectivity index (χ1n) is 5.84. The van der Waals surface area contributed by atoms with Crippen LogP contribution in [0.5, 0.6) is 0 Å². The maximum absolute atomic E-state index is 12.0. The Hall–Kier alpha value is -1.87. The van der Waals surface area contributed by atoms with Crippen molar-refractivity contribution in [3.8, 4) is 0 Å². The van der Waals surface area contributed by atoms with E-state index < -0.39 is 34.1 Å². The summed E-state index contributed by atoms with van der Waals surface area (Å²) in [6.07, 6.45) is -2.99. The number of carbonyl (C=O) groups excluding carboxylic acids is 1. The summed E-state index contributed by atoms with van der Waals surface area (Å²) in [5.41, 5.74) is -2.19. The van der Waals surface area contributed by atoms with E-state index in [0.29, 0.717) is 0 Å². The number of carboxylic acid groups (broad SMARTS) is 1. The molecule has 8 nitrogen and oxygen atoms in total. The van der Waals surface area contributed by atoms with Crippen molar-refractivity contribution in [2.24, 2.45) is 0 Å². The van der Waals surface area contributed by atoms with E-state index in [9.17, 15) is 24.8 Å². The third-order valence-electron chi connectivity index (χ3n) is 2.24. The zero-order valence-electron chi connectivity index (χ0n) is 11.8. The quantitative estimate of drug-likeness (QED) is 0.586. The monoisotopic (exact) mass is 394 g/mol. The standard InChI is InChI=1S/C12H12BrClN2O6/c1-12(2,3)22-11(19)15(10(17)18)7-5-4-6(13)8(14)9(7)16(20)21/h4-5H,1-3H3,(H,17,18). The minimum absolute atomic E-state index is 0.141. The van der Waals surface area contributed by atoms with Crippen LogP contribution < -0.4 is 4.90 Å². The molecule has 1 aromatic rings. The van der Waals surface area contributed by atoms with Gasteiger partial charge in [-0.3, -0.25) is 10.1 Å². The molecule has 0 bridgehead atoms. The smallest absolute Gasteiger partial charge is 0.424 e. The van der Waals surface area contributed by atoms with Gasteiger partial charge in [0.05, 0.1) is 4.92 Å². The van der Waals surface area contributed by atoms with Gasteiger partial charge in [-0.25, -0.2) is 9.59 Å². The summed E-state index contributed by atoms with van der Waals surface area (Å²) < 4.78 is 5.14. The van der Waals surface area contributed by atoms with Gasteiger partial charge in [-0.1, -0.05) is 11.6 Å². The van der Waals surface area contributed by atoms with Crippen LogP contribution in [0, 0.1) is 10.1 Å². The molecule has 0 saturated heterocycles. The van der Waals surface area contributed by atoms with E-state index in [1.807, 2.05) is 0 Å². The third-order valence-corrected chi connectivity index (χ3v) is 3.51. The average molecular weight is 396 g/mol. The van der Waals surface area contributed by atoms with Gasteiger partial charge in [0.15, 0.2) is 0 Å². The molecule has 1 N–H and O–H groups in total. The van der Waals surface area contributed by atoms with E-state index in [-0.39, 0.29) is 14.4 Å². The molecule has 0 heterocycles. The lowest BCUT2D eigenvalue weighted by atomic mass is 10.2. The Balaban J connectivity index is 3.47. The highest BCUT2D eigenvalue weighted by molar-refractivity contribution is 9.10. The highest BCUT2D eigenvalue weighted by atomic mass is 79.9. The molecule has 0 aliphatic carbocycles. The largest absolute Gasteiger partial charge is 0.464 e. The summed E-state index contributed by atoms with van der Waals surface area (Å²) in [6, 6.07) is 2.39. The van der Waals surface area contributed by atoms with Gasteiger partial charge < -0.3 is 9.84 Å². The molecule has 1 aromatic carbocycles. The lowest BCUT2D eigenvalue weighted by Crippen LogP contribution is -2.40. The van der Waals surface area contributed by atoms with Gasteiger partial charge in [0.25, 0.3) is 0 Å². The number of amides is 2. The number of benzene rings is 1. The molecule has 0 aromatic heterocycles. The summed E-state index contributed by atoms with van der Waals surface area (Å²) in [4.78, 5) is 33.8. The Morgan fingerprint density at radius 3 is 2.36 bits per heavy atom. The van der Waals surface area contributed by atoms with Crippen LogP contribution in [0.3, 0.4) is 0 Å². The van der Waals surface area contributed by atoms with E-state index >= 15 is 0 Å². The Labute approximate surface area is 138 Å². The van der Waals surface area contributed by atoms with Crippen LogP contribution in [0.15, 0.2) is 16.6 Å². The van der Waals surface area contributed by atoms with Gasteiger partial charge in [0, 0.05) is 4.47 Å². The Kier molecular flexibility index (Phi) is 5.36. The van der Waals surface area contributed by atoms with Crippen molar-refractivity contribution >= 4 is 51.1 Å². The molecule has 0 fully saturated rings. The van der Waals surface area contributed by atoms with E-state index in [1.54, 1.807) is 0 Å². The summed E-state index contributed by atoms with van der Waals surface area (Å²) >= 11 is 8.82. The predicted molar refractivity (Wildman–Crippen MR) is 82.5 cm³/mol. The number of halogens is 2. The second-order valence-corrected chi connectivity index (χ2v) is 6.32. The minimum atomic E-state index is -1.73. The fourth-order valence-electron chi connectivity index (χ4n) is 1.47. The molecule has 0 spiro atoms. The van der Waals surface area contributed by atoms with Crippen LogP contribution in [0.4, 0.5) is 21.0 Å². The van der Waals surface area contributed by atoms with Crippen molar-refractivity contribution in [3.05, 3.63) is 31.7 Å². The van der Waals surface area contributed by atoms with Crippen LogP contribution in [0.2, 0.25) is 5.02 Å². The molecule has 0 atom stereocenters. The van der Waals surface area contributed by atoms with Gasteiger partial charge in [0.2, 0.25) is 0 Å². The number of hydrogen-bond acceptors (Lipinski definition) is 5. The fraction of sp³-hybridized carbons (Fsp3) is 0.333. The topological polar surface area (TPSA) is 110 Å². The van der Waals surface area contributed by atoms with Crippen LogP contribution in [-0.4, -0.2) is 27.8 Å². The molecule has 0 radical (unpaired) electrons. The minimum Gasteiger partial charge on any atom is -0.464 e. The average Bonchev–Trinajstić information content (AvgIpc) is 2.30. The van der Waals surface area contributed by atoms with Gasteiger partial charge in [-0.05, 0) is 48.8 Å². The second kappa shape index (κ2) is 6.49. The number of nitro groups is 1. The number of anilines is 1. The molecule has 0 aliphatic rings. The van der Waals surface area contributed by atoms with Gasteiger partial charge in [-0.15, -0.1) is 0 Å². The second-order valence-electron chi connectivity index (χ2n) is 5.08. The van der Waals surface area contributed by atoms with Crippen LogP contribution in [-0.2, 0) is 4.74 Å².